The summed E-state index contributed by atoms with van der Waals surface area (Å²) in [6.45, 7) is 3.03. The Labute approximate surface area is 130 Å². The minimum Gasteiger partial charge on any atom is -0.319 e. The normalized spacial score (nSPS) is 12.4. The first-order chi connectivity index (χ1) is 9.61. The van der Waals surface area contributed by atoms with Crippen molar-refractivity contribution in [2.24, 2.45) is 0 Å². The Balaban J connectivity index is 2.28. The van der Waals surface area contributed by atoms with Gasteiger partial charge in [0.2, 0.25) is 0 Å². The number of nitrogens with one attached hydrogen (secondary N) is 1. The molecule has 0 bridgehead atoms. The van der Waals surface area contributed by atoms with Gasteiger partial charge in [-0.3, -0.25) is 0 Å². The molecule has 1 N–H and O–H groups in total. The molecule has 1 atom stereocenters. The fraction of sp³-hybridized carbons (Fsp3) is 0.294. The van der Waals surface area contributed by atoms with Crippen LogP contribution in [0.4, 0.5) is 0 Å². The van der Waals surface area contributed by atoms with Gasteiger partial charge in [-0.1, -0.05) is 65.2 Å². The summed E-state index contributed by atoms with van der Waals surface area (Å²) in [4.78, 5) is 0. The highest BCUT2D eigenvalue weighted by molar-refractivity contribution is 6.42. The number of benzene rings is 2. The van der Waals surface area contributed by atoms with Gasteiger partial charge in [0, 0.05) is 12.5 Å². The maximum Gasteiger partial charge on any atom is 0.0624 e. The molecule has 0 saturated heterocycles. The van der Waals surface area contributed by atoms with Crippen LogP contribution in [-0.4, -0.2) is 13.6 Å². The zero-order valence-corrected chi connectivity index (χ0v) is 13.3. The van der Waals surface area contributed by atoms with Crippen molar-refractivity contribution in [3.05, 3.63) is 69.2 Å². The zero-order valence-electron chi connectivity index (χ0n) is 11.8. The van der Waals surface area contributed by atoms with Crippen molar-refractivity contribution in [1.29, 1.82) is 0 Å². The molecule has 0 aliphatic rings. The minimum atomic E-state index is 0.385. The molecular weight excluding hydrogens is 289 g/mol. The molecule has 3 heteroatoms. The van der Waals surface area contributed by atoms with E-state index in [4.69, 9.17) is 23.2 Å². The third-order valence-electron chi connectivity index (χ3n) is 3.46. The van der Waals surface area contributed by atoms with Gasteiger partial charge < -0.3 is 5.32 Å². The lowest BCUT2D eigenvalue weighted by Gasteiger charge is -2.19. The van der Waals surface area contributed by atoms with Crippen LogP contribution in [0.15, 0.2) is 42.5 Å². The lowest BCUT2D eigenvalue weighted by Crippen LogP contribution is -2.19. The second-order valence-corrected chi connectivity index (χ2v) is 5.87. The summed E-state index contributed by atoms with van der Waals surface area (Å²) < 4.78 is 0. The van der Waals surface area contributed by atoms with Gasteiger partial charge >= 0.3 is 0 Å². The number of rotatable bonds is 5. The summed E-state index contributed by atoms with van der Waals surface area (Å²) in [7, 11) is 1.97. The molecule has 2 aromatic carbocycles. The van der Waals surface area contributed by atoms with Crippen LogP contribution in [0.3, 0.4) is 0 Å². The topological polar surface area (TPSA) is 12.0 Å². The third kappa shape index (κ3) is 3.76. The highest BCUT2D eigenvalue weighted by Crippen LogP contribution is 2.30. The van der Waals surface area contributed by atoms with Gasteiger partial charge in [0.25, 0.3) is 0 Å². The molecule has 0 saturated carbocycles. The van der Waals surface area contributed by atoms with Crippen molar-refractivity contribution in [2.45, 2.75) is 19.3 Å². The molecule has 0 aliphatic heterocycles. The molecule has 20 heavy (non-hydrogen) atoms. The van der Waals surface area contributed by atoms with Crippen LogP contribution in [0.1, 0.15) is 22.6 Å². The molecule has 0 fully saturated rings. The van der Waals surface area contributed by atoms with Gasteiger partial charge in [-0.15, -0.1) is 0 Å². The first kappa shape index (κ1) is 15.4. The smallest absolute Gasteiger partial charge is 0.0624 e. The van der Waals surface area contributed by atoms with E-state index >= 15 is 0 Å². The number of aryl methyl sites for hydroxylation is 1. The second-order valence-electron chi connectivity index (χ2n) is 5.09. The standard InChI is InChI=1S/C17H19Cl2N/c1-12-5-3-6-13(9-12)15(11-20-2)10-14-7-4-8-16(18)17(14)19/h3-9,15,20H,10-11H2,1-2H3. The van der Waals surface area contributed by atoms with Crippen LogP contribution in [0, 0.1) is 6.92 Å². The van der Waals surface area contributed by atoms with E-state index in [0.717, 1.165) is 18.5 Å². The Kier molecular flexibility index (Phi) is 5.47. The first-order valence-corrected chi connectivity index (χ1v) is 7.51. The first-order valence-electron chi connectivity index (χ1n) is 6.76. The van der Waals surface area contributed by atoms with E-state index in [9.17, 15) is 0 Å². The Morgan fingerprint density at radius 1 is 1.10 bits per heavy atom. The van der Waals surface area contributed by atoms with Crippen molar-refractivity contribution in [3.63, 3.8) is 0 Å². The Bertz CT molecular complexity index is 581. The van der Waals surface area contributed by atoms with Gasteiger partial charge in [-0.2, -0.15) is 0 Å². The van der Waals surface area contributed by atoms with E-state index in [2.05, 4.69) is 36.5 Å². The van der Waals surface area contributed by atoms with Gasteiger partial charge in [0.1, 0.15) is 0 Å². The molecule has 2 aromatic rings. The molecule has 0 amide bonds. The molecular formula is C17H19Cl2N. The maximum atomic E-state index is 6.30. The van der Waals surface area contributed by atoms with E-state index in [1.807, 2.05) is 25.2 Å². The molecule has 1 nitrogen and oxygen atoms in total. The monoisotopic (exact) mass is 307 g/mol. The number of likely N-dealkylation sites (N-methyl/N-ethyl adjacent to an activating group) is 1. The fourth-order valence-corrected chi connectivity index (χ4v) is 2.85. The minimum absolute atomic E-state index is 0.385. The third-order valence-corrected chi connectivity index (χ3v) is 4.32. The molecule has 0 radical (unpaired) electrons. The molecule has 2 rings (SSSR count). The van der Waals surface area contributed by atoms with E-state index in [-0.39, 0.29) is 0 Å². The van der Waals surface area contributed by atoms with Crippen LogP contribution >= 0.6 is 23.2 Å². The highest BCUT2D eigenvalue weighted by Gasteiger charge is 2.14. The molecule has 1 unspecified atom stereocenters. The predicted molar refractivity (Wildman–Crippen MR) is 88.0 cm³/mol. The van der Waals surface area contributed by atoms with Gasteiger partial charge in [-0.05, 0) is 37.6 Å². The second kappa shape index (κ2) is 7.12. The lowest BCUT2D eigenvalue weighted by molar-refractivity contribution is 0.625. The SMILES string of the molecule is CNCC(Cc1cccc(Cl)c1Cl)c1cccc(C)c1. The Morgan fingerprint density at radius 3 is 2.55 bits per heavy atom. The summed E-state index contributed by atoms with van der Waals surface area (Å²) in [5.74, 6) is 0.385. The summed E-state index contributed by atoms with van der Waals surface area (Å²) >= 11 is 12.4. The average Bonchev–Trinajstić information content (AvgIpc) is 2.43. The fourth-order valence-electron chi connectivity index (χ4n) is 2.45. The zero-order chi connectivity index (χ0) is 14.5. The molecule has 0 heterocycles. The summed E-state index contributed by atoms with van der Waals surface area (Å²) in [5.41, 5.74) is 3.71. The van der Waals surface area contributed by atoms with Crippen molar-refractivity contribution in [2.75, 3.05) is 13.6 Å². The van der Waals surface area contributed by atoms with Crippen molar-refractivity contribution < 1.29 is 0 Å². The molecule has 0 spiro atoms. The largest absolute Gasteiger partial charge is 0.319 e. The van der Waals surface area contributed by atoms with E-state index in [0.29, 0.717) is 16.0 Å². The van der Waals surface area contributed by atoms with Crippen LogP contribution in [0.2, 0.25) is 10.0 Å². The van der Waals surface area contributed by atoms with Crippen LogP contribution in [0.5, 0.6) is 0 Å². The van der Waals surface area contributed by atoms with Gasteiger partial charge in [0.05, 0.1) is 10.0 Å². The maximum absolute atomic E-state index is 6.30. The number of hydrogen-bond donors (Lipinski definition) is 1. The number of hydrogen-bond acceptors (Lipinski definition) is 1. The lowest BCUT2D eigenvalue weighted by atomic mass is 9.91. The summed E-state index contributed by atoms with van der Waals surface area (Å²) in [6, 6.07) is 14.5. The van der Waals surface area contributed by atoms with Crippen molar-refractivity contribution in [1.82, 2.24) is 5.32 Å². The van der Waals surface area contributed by atoms with E-state index in [1.165, 1.54) is 11.1 Å². The Hall–Kier alpha value is -1.02. The highest BCUT2D eigenvalue weighted by atomic mass is 35.5. The molecule has 0 aromatic heterocycles. The van der Waals surface area contributed by atoms with E-state index in [1.54, 1.807) is 0 Å². The summed E-state index contributed by atoms with van der Waals surface area (Å²) in [6.07, 6.45) is 0.879. The average molecular weight is 308 g/mol. The Morgan fingerprint density at radius 2 is 1.85 bits per heavy atom. The van der Waals surface area contributed by atoms with E-state index < -0.39 is 0 Å². The molecule has 0 aliphatic carbocycles. The van der Waals surface area contributed by atoms with Crippen molar-refractivity contribution in [3.8, 4) is 0 Å². The molecule has 106 valence electrons. The number of halogens is 2. The van der Waals surface area contributed by atoms with Crippen LogP contribution in [0.25, 0.3) is 0 Å². The predicted octanol–water partition coefficient (Wildman–Crippen LogP) is 4.85. The summed E-state index contributed by atoms with van der Waals surface area (Å²) in [5, 5.41) is 4.56. The van der Waals surface area contributed by atoms with Crippen molar-refractivity contribution >= 4 is 23.2 Å². The van der Waals surface area contributed by atoms with Gasteiger partial charge in [0.15, 0.2) is 0 Å². The van der Waals surface area contributed by atoms with Crippen LogP contribution in [-0.2, 0) is 6.42 Å². The van der Waals surface area contributed by atoms with Crippen LogP contribution < -0.4 is 5.32 Å². The quantitative estimate of drug-likeness (QED) is 0.833. The van der Waals surface area contributed by atoms with Gasteiger partial charge in [-0.25, -0.2) is 0 Å².